The molecular formula is C11H13NO6. The molecule has 0 spiro atoms. The Morgan fingerprint density at radius 2 is 2.17 bits per heavy atom. The van der Waals surface area contributed by atoms with E-state index in [0.717, 1.165) is 6.92 Å². The summed E-state index contributed by atoms with van der Waals surface area (Å²) in [4.78, 5) is 20.8. The van der Waals surface area contributed by atoms with Crippen LogP contribution in [-0.2, 0) is 4.79 Å². The monoisotopic (exact) mass is 255 g/mol. The number of carbonyl (C=O) groups is 1. The number of aliphatic hydroxyl groups is 1. The second kappa shape index (κ2) is 5.01. The van der Waals surface area contributed by atoms with Gasteiger partial charge < -0.3 is 14.9 Å². The molecule has 1 atom stereocenters. The van der Waals surface area contributed by atoms with Crippen molar-refractivity contribution in [3.63, 3.8) is 0 Å². The van der Waals surface area contributed by atoms with Crippen LogP contribution in [0.5, 0.6) is 5.75 Å². The van der Waals surface area contributed by atoms with Gasteiger partial charge in [0.1, 0.15) is 6.61 Å². The van der Waals surface area contributed by atoms with Crippen LogP contribution in [0.4, 0.5) is 5.69 Å². The summed E-state index contributed by atoms with van der Waals surface area (Å²) in [6.45, 7) is 2.07. The highest BCUT2D eigenvalue weighted by Gasteiger charge is 2.32. The Morgan fingerprint density at radius 1 is 1.56 bits per heavy atom. The van der Waals surface area contributed by atoms with E-state index in [-0.39, 0.29) is 11.4 Å². The summed E-state index contributed by atoms with van der Waals surface area (Å²) in [5.41, 5.74) is -1.88. The van der Waals surface area contributed by atoms with Crippen molar-refractivity contribution in [1.82, 2.24) is 0 Å². The van der Waals surface area contributed by atoms with Gasteiger partial charge in [-0.25, -0.2) is 4.79 Å². The average molecular weight is 255 g/mol. The molecule has 18 heavy (non-hydrogen) atoms. The minimum absolute atomic E-state index is 0.0379. The van der Waals surface area contributed by atoms with Gasteiger partial charge in [0.05, 0.1) is 4.92 Å². The smallest absolute Gasteiger partial charge is 0.339 e. The number of aliphatic carboxylic acids is 1. The van der Waals surface area contributed by atoms with Crippen LogP contribution >= 0.6 is 0 Å². The zero-order valence-corrected chi connectivity index (χ0v) is 9.91. The molecule has 1 aromatic rings. The van der Waals surface area contributed by atoms with Crippen molar-refractivity contribution >= 4 is 11.7 Å². The third-order valence-corrected chi connectivity index (χ3v) is 2.35. The van der Waals surface area contributed by atoms with E-state index in [4.69, 9.17) is 9.84 Å². The number of carboxylic acids is 1. The van der Waals surface area contributed by atoms with Gasteiger partial charge in [-0.3, -0.25) is 10.1 Å². The van der Waals surface area contributed by atoms with Crippen molar-refractivity contribution in [1.29, 1.82) is 0 Å². The first kappa shape index (κ1) is 13.9. The first-order chi connectivity index (χ1) is 8.25. The molecule has 7 nitrogen and oxygen atoms in total. The van der Waals surface area contributed by atoms with Crippen molar-refractivity contribution < 1.29 is 24.7 Å². The van der Waals surface area contributed by atoms with Crippen LogP contribution in [-0.4, -0.2) is 33.3 Å². The number of nitrogens with zero attached hydrogens (tertiary/aromatic N) is 1. The highest BCUT2D eigenvalue weighted by molar-refractivity contribution is 5.76. The molecular weight excluding hydrogens is 242 g/mol. The number of hydrogen-bond acceptors (Lipinski definition) is 5. The van der Waals surface area contributed by atoms with Crippen LogP contribution in [0.25, 0.3) is 0 Å². The second-order valence-electron chi connectivity index (χ2n) is 4.05. The molecule has 1 rings (SSSR count). The van der Waals surface area contributed by atoms with Crippen molar-refractivity contribution in [2.75, 3.05) is 6.61 Å². The second-order valence-corrected chi connectivity index (χ2v) is 4.05. The van der Waals surface area contributed by atoms with Gasteiger partial charge in [0.25, 0.3) is 0 Å². The highest BCUT2D eigenvalue weighted by atomic mass is 16.6. The van der Waals surface area contributed by atoms with Gasteiger partial charge in [-0.1, -0.05) is 12.1 Å². The molecule has 7 heteroatoms. The lowest BCUT2D eigenvalue weighted by Crippen LogP contribution is -2.41. The number of benzene rings is 1. The van der Waals surface area contributed by atoms with Crippen LogP contribution < -0.4 is 4.74 Å². The Bertz CT molecular complexity index is 482. The Morgan fingerprint density at radius 3 is 2.67 bits per heavy atom. The van der Waals surface area contributed by atoms with E-state index in [1.54, 1.807) is 13.0 Å². The average Bonchev–Trinajstić information content (AvgIpc) is 2.26. The lowest BCUT2D eigenvalue weighted by molar-refractivity contribution is -0.386. The fourth-order valence-corrected chi connectivity index (χ4v) is 1.24. The van der Waals surface area contributed by atoms with Gasteiger partial charge in [0.2, 0.25) is 0 Å². The maximum absolute atomic E-state index is 10.8. The van der Waals surface area contributed by atoms with E-state index in [2.05, 4.69) is 0 Å². The summed E-state index contributed by atoms with van der Waals surface area (Å²) < 4.78 is 5.08. The summed E-state index contributed by atoms with van der Waals surface area (Å²) in [5.74, 6) is -1.50. The molecule has 0 amide bonds. The van der Waals surface area contributed by atoms with Gasteiger partial charge in [-0.15, -0.1) is 0 Å². The first-order valence-electron chi connectivity index (χ1n) is 5.08. The first-order valence-corrected chi connectivity index (χ1v) is 5.08. The van der Waals surface area contributed by atoms with E-state index < -0.39 is 23.1 Å². The van der Waals surface area contributed by atoms with Crippen molar-refractivity contribution in [2.24, 2.45) is 0 Å². The number of nitro benzene ring substituents is 1. The molecule has 0 aliphatic rings. The van der Waals surface area contributed by atoms with Crippen LogP contribution in [0.3, 0.4) is 0 Å². The van der Waals surface area contributed by atoms with Gasteiger partial charge >= 0.3 is 11.7 Å². The van der Waals surface area contributed by atoms with Crippen LogP contribution in [0.1, 0.15) is 12.5 Å². The predicted molar refractivity (Wildman–Crippen MR) is 61.6 cm³/mol. The van der Waals surface area contributed by atoms with Gasteiger partial charge in [-0.05, 0) is 19.4 Å². The van der Waals surface area contributed by atoms with Gasteiger partial charge in [0, 0.05) is 6.07 Å². The minimum Gasteiger partial charge on any atom is -0.483 e. The third-order valence-electron chi connectivity index (χ3n) is 2.35. The molecule has 98 valence electrons. The maximum Gasteiger partial charge on any atom is 0.339 e. The number of aryl methyl sites for hydroxylation is 1. The van der Waals surface area contributed by atoms with Crippen LogP contribution in [0.2, 0.25) is 0 Å². The molecule has 0 radical (unpaired) electrons. The fraction of sp³-hybridized carbons (Fsp3) is 0.364. The molecule has 0 heterocycles. The molecule has 1 unspecified atom stereocenters. The SMILES string of the molecule is Cc1cccc([N+](=O)[O-])c1OCC(C)(O)C(=O)O. The molecule has 0 aromatic heterocycles. The summed E-state index contributed by atoms with van der Waals surface area (Å²) in [6.07, 6.45) is 0. The summed E-state index contributed by atoms with van der Waals surface area (Å²) in [7, 11) is 0. The van der Waals surface area contributed by atoms with E-state index in [0.29, 0.717) is 5.56 Å². The summed E-state index contributed by atoms with van der Waals surface area (Å²) >= 11 is 0. The molecule has 0 fully saturated rings. The highest BCUT2D eigenvalue weighted by Crippen LogP contribution is 2.30. The lowest BCUT2D eigenvalue weighted by Gasteiger charge is -2.19. The van der Waals surface area contributed by atoms with E-state index in [9.17, 15) is 20.0 Å². The number of ether oxygens (including phenoxy) is 1. The number of carboxylic acid groups (broad SMARTS) is 1. The normalized spacial score (nSPS) is 13.7. The van der Waals surface area contributed by atoms with E-state index >= 15 is 0 Å². The Balaban J connectivity index is 2.98. The van der Waals surface area contributed by atoms with Crippen molar-refractivity contribution in [2.45, 2.75) is 19.4 Å². The van der Waals surface area contributed by atoms with Crippen molar-refractivity contribution in [3.8, 4) is 5.75 Å². The summed E-state index contributed by atoms with van der Waals surface area (Å²) in [5, 5.41) is 29.0. The maximum atomic E-state index is 10.8. The van der Waals surface area contributed by atoms with E-state index in [1.807, 2.05) is 0 Å². The molecule has 0 bridgehead atoms. The molecule has 2 N–H and O–H groups in total. The zero-order valence-electron chi connectivity index (χ0n) is 9.91. The quantitative estimate of drug-likeness (QED) is 0.602. The zero-order chi connectivity index (χ0) is 13.9. The lowest BCUT2D eigenvalue weighted by atomic mass is 10.1. The fourth-order valence-electron chi connectivity index (χ4n) is 1.24. The molecule has 0 saturated carbocycles. The van der Waals surface area contributed by atoms with Crippen LogP contribution in [0.15, 0.2) is 18.2 Å². The Hall–Kier alpha value is -2.15. The standard InChI is InChI=1S/C11H13NO6/c1-7-4-3-5-8(12(16)17)9(7)18-6-11(2,15)10(13)14/h3-5,15H,6H2,1-2H3,(H,13,14). The molecule has 1 aromatic carbocycles. The van der Waals surface area contributed by atoms with Crippen LogP contribution in [0, 0.1) is 17.0 Å². The third kappa shape index (κ3) is 2.95. The van der Waals surface area contributed by atoms with Gasteiger partial charge in [-0.2, -0.15) is 0 Å². The largest absolute Gasteiger partial charge is 0.483 e. The number of para-hydroxylation sites is 1. The topological polar surface area (TPSA) is 110 Å². The van der Waals surface area contributed by atoms with Crippen molar-refractivity contribution in [3.05, 3.63) is 33.9 Å². The number of rotatable bonds is 5. The molecule has 0 saturated heterocycles. The van der Waals surface area contributed by atoms with Gasteiger partial charge in [0.15, 0.2) is 11.4 Å². The Kier molecular flexibility index (Phi) is 3.87. The van der Waals surface area contributed by atoms with E-state index in [1.165, 1.54) is 12.1 Å². The Labute approximate surface area is 103 Å². The number of nitro groups is 1. The molecule has 0 aliphatic heterocycles. The predicted octanol–water partition coefficient (Wildman–Crippen LogP) is 1.12. The number of hydrogen-bond donors (Lipinski definition) is 2. The molecule has 0 aliphatic carbocycles. The summed E-state index contributed by atoms with van der Waals surface area (Å²) in [6, 6.07) is 4.34. The minimum atomic E-state index is -2.10.